The van der Waals surface area contributed by atoms with Crippen molar-refractivity contribution in [2.75, 3.05) is 26.1 Å². The van der Waals surface area contributed by atoms with Crippen molar-refractivity contribution in [3.8, 4) is 5.75 Å². The van der Waals surface area contributed by atoms with Crippen LogP contribution in [-0.4, -0.2) is 93.9 Å². The van der Waals surface area contributed by atoms with E-state index in [-0.39, 0.29) is 43.3 Å². The van der Waals surface area contributed by atoms with Crippen LogP contribution in [0.25, 0.3) is 0 Å². The zero-order valence-electron chi connectivity index (χ0n) is 30.5. The van der Waals surface area contributed by atoms with Crippen molar-refractivity contribution in [3.05, 3.63) is 59.7 Å². The molecule has 0 aromatic heterocycles. The summed E-state index contributed by atoms with van der Waals surface area (Å²) in [6, 6.07) is 10.8. The van der Waals surface area contributed by atoms with E-state index in [9.17, 15) is 37.0 Å². The average Bonchev–Trinajstić information content (AvgIpc) is 3.62. The predicted molar refractivity (Wildman–Crippen MR) is 185 cm³/mol. The van der Waals surface area contributed by atoms with Gasteiger partial charge in [-0.2, -0.15) is 0 Å². The van der Waals surface area contributed by atoms with Crippen LogP contribution in [0.5, 0.6) is 5.75 Å². The number of ether oxygens (including phenoxy) is 4. The Morgan fingerprint density at radius 2 is 1.63 bits per heavy atom. The fourth-order valence-electron chi connectivity index (χ4n) is 4.94. The normalized spacial score (nSPS) is 20.5. The quantitative estimate of drug-likeness (QED) is 0.115. The Morgan fingerprint density at radius 1 is 1.00 bits per heavy atom. The number of rotatable bonds is 15. The highest BCUT2D eigenvalue weighted by atomic mass is 32.2. The minimum atomic E-state index is -4.50. The van der Waals surface area contributed by atoms with Crippen LogP contribution in [0.15, 0.2) is 53.4 Å². The van der Waals surface area contributed by atoms with Crippen LogP contribution < -0.4 is 9.84 Å². The summed E-state index contributed by atoms with van der Waals surface area (Å²) >= 11 is 0. The first-order chi connectivity index (χ1) is 25.3. The highest BCUT2D eigenvalue weighted by molar-refractivity contribution is 7.91. The van der Waals surface area contributed by atoms with E-state index in [0.29, 0.717) is 10.6 Å². The number of esters is 1. The van der Waals surface area contributed by atoms with Crippen LogP contribution >= 0.6 is 7.82 Å². The van der Waals surface area contributed by atoms with Gasteiger partial charge in [0.2, 0.25) is 0 Å². The molecule has 296 valence electrons. The molecule has 0 spiro atoms. The fourth-order valence-corrected chi connectivity index (χ4v) is 7.53. The van der Waals surface area contributed by atoms with E-state index >= 15 is 0 Å². The molecule has 0 saturated carbocycles. The number of hydroxylamine groups is 2. The molecule has 2 saturated heterocycles. The van der Waals surface area contributed by atoms with E-state index in [4.69, 9.17) is 32.5 Å². The first-order valence-corrected chi connectivity index (χ1v) is 19.8. The van der Waals surface area contributed by atoms with E-state index in [1.54, 1.807) is 32.9 Å². The number of imide groups is 1. The Labute approximate surface area is 312 Å². The molecule has 5 atom stereocenters. The van der Waals surface area contributed by atoms with Gasteiger partial charge in [0.25, 0.3) is 11.8 Å². The largest absolute Gasteiger partial charge is 0.534 e. The molecule has 2 aromatic rings. The van der Waals surface area contributed by atoms with Gasteiger partial charge in [-0.1, -0.05) is 34.9 Å². The summed E-state index contributed by atoms with van der Waals surface area (Å²) in [4.78, 5) is 65.4. The fraction of sp³-hybridized carbons (Fsp3) is 0.500. The molecule has 3 amide bonds. The Balaban J connectivity index is 1.40. The number of hydrogen-bond acceptors (Lipinski definition) is 16. The van der Waals surface area contributed by atoms with Crippen molar-refractivity contribution in [2.45, 2.75) is 83.3 Å². The first kappa shape index (κ1) is 42.2. The van der Waals surface area contributed by atoms with Gasteiger partial charge in [-0.3, -0.25) is 28.3 Å². The summed E-state index contributed by atoms with van der Waals surface area (Å²) in [6.45, 7) is 7.28. The van der Waals surface area contributed by atoms with Gasteiger partial charge in [0, 0.05) is 20.0 Å². The first-order valence-electron chi connectivity index (χ1n) is 16.7. The second-order valence-corrected chi connectivity index (χ2v) is 17.1. The number of benzene rings is 2. The Hall–Kier alpha value is -4.55. The third-order valence-electron chi connectivity index (χ3n) is 7.83. The summed E-state index contributed by atoms with van der Waals surface area (Å²) in [5.74, 6) is -2.40. The number of phosphoric acid groups is 1. The number of phosphoric ester groups is 1. The maximum atomic E-state index is 13.8. The third kappa shape index (κ3) is 11.7. The molecule has 0 radical (unpaired) electrons. The molecule has 0 bridgehead atoms. The van der Waals surface area contributed by atoms with Crippen molar-refractivity contribution in [1.29, 1.82) is 0 Å². The SMILES string of the molecule is COP(=O)(Oc1ccc(COC(=O)ON2C(=O)CCC2=O)cc1)OC1[C@H](NC(=O)OC(C)CS(=O)(=O)c2ccc(C)cc2)CO[C@@H]1COC(=O)C(C)(C)C. The Kier molecular flexibility index (Phi) is 13.8. The van der Waals surface area contributed by atoms with Gasteiger partial charge in [0.15, 0.2) is 9.84 Å². The van der Waals surface area contributed by atoms with Gasteiger partial charge in [0.05, 0.1) is 28.7 Å². The van der Waals surface area contributed by atoms with Gasteiger partial charge in [0.1, 0.15) is 37.3 Å². The number of aryl methyl sites for hydroxylation is 1. The highest BCUT2D eigenvalue weighted by Crippen LogP contribution is 2.51. The smallest absolute Gasteiger partial charge is 0.462 e. The number of alkyl carbamates (subject to hydrolysis) is 1. The third-order valence-corrected chi connectivity index (χ3v) is 11.1. The number of sulfone groups is 1. The zero-order chi connectivity index (χ0) is 39.8. The molecule has 54 heavy (non-hydrogen) atoms. The summed E-state index contributed by atoms with van der Waals surface area (Å²) in [5, 5.41) is 2.89. The van der Waals surface area contributed by atoms with Gasteiger partial charge < -0.3 is 28.8 Å². The van der Waals surface area contributed by atoms with Crippen LogP contribution in [0.2, 0.25) is 0 Å². The molecule has 2 aromatic carbocycles. The molecule has 2 heterocycles. The molecule has 0 aliphatic carbocycles. The van der Waals surface area contributed by atoms with E-state index in [1.165, 1.54) is 43.3 Å². The Bertz CT molecular complexity index is 1830. The molecular weight excluding hydrogens is 755 g/mol. The molecule has 4 rings (SSSR count). The standard InChI is InChI=1S/C34H43N2O16PS/c1-21-7-13-25(14-8-21)54(43,44)20-22(2)49-32(40)35-26-18-46-27(19-47-31(39)34(3,4)5)30(26)52-53(42,45-6)51-24-11-9-23(10-12-24)17-48-33(41)50-36-28(37)15-16-29(36)38/h7-14,22,26-27,30H,15-20H2,1-6H3,(H,35,40)/t22?,26-,27-,30?,53?/m1/s1. The molecule has 2 aliphatic heterocycles. The van der Waals surface area contributed by atoms with Crippen molar-refractivity contribution in [2.24, 2.45) is 5.41 Å². The van der Waals surface area contributed by atoms with Gasteiger partial charge in [-0.15, -0.1) is 0 Å². The lowest BCUT2D eigenvalue weighted by Crippen LogP contribution is -2.47. The number of amides is 3. The molecule has 2 fully saturated rings. The van der Waals surface area contributed by atoms with Crippen molar-refractivity contribution in [3.63, 3.8) is 0 Å². The van der Waals surface area contributed by atoms with Crippen molar-refractivity contribution in [1.82, 2.24) is 10.4 Å². The topological polar surface area (TPSA) is 226 Å². The lowest BCUT2D eigenvalue weighted by molar-refractivity contribution is -0.177. The maximum absolute atomic E-state index is 13.8. The maximum Gasteiger partial charge on any atom is 0.534 e. The number of carbonyl (C=O) groups excluding carboxylic acids is 5. The summed E-state index contributed by atoms with van der Waals surface area (Å²) < 4.78 is 77.5. The predicted octanol–water partition coefficient (Wildman–Crippen LogP) is 4.18. The average molecular weight is 799 g/mol. The second-order valence-electron chi connectivity index (χ2n) is 13.4. The van der Waals surface area contributed by atoms with Crippen LogP contribution in [0.1, 0.15) is 51.7 Å². The monoisotopic (exact) mass is 798 g/mol. The number of hydrogen-bond donors (Lipinski definition) is 1. The van der Waals surface area contributed by atoms with Gasteiger partial charge >= 0.3 is 26.0 Å². The molecule has 1 N–H and O–H groups in total. The van der Waals surface area contributed by atoms with Gasteiger partial charge in [-0.05, 0) is 64.4 Å². The minimum Gasteiger partial charge on any atom is -0.462 e. The van der Waals surface area contributed by atoms with Gasteiger partial charge in [-0.25, -0.2) is 22.6 Å². The van der Waals surface area contributed by atoms with Crippen LogP contribution in [0.3, 0.4) is 0 Å². The van der Waals surface area contributed by atoms with E-state index in [1.807, 2.05) is 6.92 Å². The van der Waals surface area contributed by atoms with Crippen LogP contribution in [0, 0.1) is 12.3 Å². The van der Waals surface area contributed by atoms with Crippen LogP contribution in [-0.2, 0) is 68.2 Å². The summed E-state index contributed by atoms with van der Waals surface area (Å²) in [7, 11) is -7.24. The summed E-state index contributed by atoms with van der Waals surface area (Å²) in [5.41, 5.74) is 0.432. The number of carbonyl (C=O) groups is 5. The molecule has 2 aliphatic rings. The molecular formula is C34H43N2O16PS. The Morgan fingerprint density at radius 3 is 2.22 bits per heavy atom. The second kappa shape index (κ2) is 17.7. The van der Waals surface area contributed by atoms with Crippen molar-refractivity contribution >= 4 is 47.7 Å². The number of nitrogens with zero attached hydrogens (tertiary/aromatic N) is 1. The van der Waals surface area contributed by atoms with Crippen LogP contribution in [0.4, 0.5) is 9.59 Å². The molecule has 3 unspecified atom stereocenters. The van der Waals surface area contributed by atoms with E-state index < -0.39 is 83.2 Å². The molecule has 20 heteroatoms. The number of nitrogens with one attached hydrogen (secondary N) is 1. The lowest BCUT2D eigenvalue weighted by Gasteiger charge is -2.27. The highest BCUT2D eigenvalue weighted by Gasteiger charge is 2.46. The van der Waals surface area contributed by atoms with E-state index in [0.717, 1.165) is 12.7 Å². The minimum absolute atomic E-state index is 0.0121. The van der Waals surface area contributed by atoms with Crippen molar-refractivity contribution < 1.29 is 74.3 Å². The molecule has 18 nitrogen and oxygen atoms in total. The van der Waals surface area contributed by atoms with E-state index in [2.05, 4.69) is 10.2 Å². The lowest BCUT2D eigenvalue weighted by atomic mass is 9.97. The summed E-state index contributed by atoms with van der Waals surface area (Å²) in [6.07, 6.45) is -5.89. The zero-order valence-corrected chi connectivity index (χ0v) is 32.2.